The van der Waals surface area contributed by atoms with E-state index in [2.05, 4.69) is 5.32 Å². The Hall–Kier alpha value is -1.14. The van der Waals surface area contributed by atoms with Gasteiger partial charge >= 0.3 is 0 Å². The van der Waals surface area contributed by atoms with Crippen molar-refractivity contribution in [1.29, 1.82) is 0 Å². The Morgan fingerprint density at radius 3 is 2.43 bits per heavy atom. The molecule has 0 saturated heterocycles. The predicted molar refractivity (Wildman–Crippen MR) is 82.9 cm³/mol. The van der Waals surface area contributed by atoms with Crippen molar-refractivity contribution in [2.75, 3.05) is 19.4 Å². The summed E-state index contributed by atoms with van der Waals surface area (Å²) < 4.78 is 42.2. The molecule has 0 radical (unpaired) electrons. The van der Waals surface area contributed by atoms with Crippen LogP contribution in [0.2, 0.25) is 0 Å². The summed E-state index contributed by atoms with van der Waals surface area (Å²) in [6, 6.07) is 4.73. The van der Waals surface area contributed by atoms with Crippen LogP contribution < -0.4 is 10.1 Å². The molecule has 1 N–H and O–H groups in total. The van der Waals surface area contributed by atoms with Crippen molar-refractivity contribution in [3.05, 3.63) is 29.6 Å². The maximum absolute atomic E-state index is 13.9. The fourth-order valence-corrected chi connectivity index (χ4v) is 2.55. The van der Waals surface area contributed by atoms with Gasteiger partial charge in [0, 0.05) is 6.04 Å². The molecule has 0 bridgehead atoms. The van der Waals surface area contributed by atoms with Crippen LogP contribution in [0.15, 0.2) is 18.2 Å². The number of nitrogens with one attached hydrogen (secondary N) is 1. The van der Waals surface area contributed by atoms with Crippen LogP contribution in [0.4, 0.5) is 4.39 Å². The smallest absolute Gasteiger partial charge is 0.165 e. The Bertz CT molecular complexity index is 579. The van der Waals surface area contributed by atoms with Crippen LogP contribution >= 0.6 is 0 Å². The Morgan fingerprint density at radius 1 is 1.33 bits per heavy atom. The molecule has 0 aliphatic carbocycles. The number of halogens is 1. The monoisotopic (exact) mass is 317 g/mol. The standard InChI is InChI=1S/C15H24FNO3S/c1-11(17-5)12-6-7-14(13(16)10-12)20-8-9-21(18,19)15(2,3)4/h6-7,10-11,17H,8-9H2,1-5H3. The van der Waals surface area contributed by atoms with Gasteiger partial charge in [0.1, 0.15) is 6.61 Å². The van der Waals surface area contributed by atoms with Crippen LogP contribution in [0.1, 0.15) is 39.3 Å². The molecule has 1 unspecified atom stereocenters. The quantitative estimate of drug-likeness (QED) is 0.876. The Labute approximate surface area is 126 Å². The summed E-state index contributed by atoms with van der Waals surface area (Å²) in [5.41, 5.74) is 0.810. The molecule has 0 aliphatic rings. The number of hydrogen-bond donors (Lipinski definition) is 1. The maximum atomic E-state index is 13.9. The third-order valence-electron chi connectivity index (χ3n) is 3.43. The molecule has 1 rings (SSSR count). The molecule has 1 atom stereocenters. The Kier molecular flexibility index (Phi) is 5.75. The average molecular weight is 317 g/mol. The zero-order valence-electron chi connectivity index (χ0n) is 13.2. The summed E-state index contributed by atoms with van der Waals surface area (Å²) >= 11 is 0. The molecule has 4 nitrogen and oxygen atoms in total. The number of benzene rings is 1. The van der Waals surface area contributed by atoms with Gasteiger partial charge in [0.25, 0.3) is 0 Å². The summed E-state index contributed by atoms with van der Waals surface area (Å²) in [6.45, 7) is 6.77. The molecular formula is C15H24FNO3S. The van der Waals surface area contributed by atoms with E-state index in [1.54, 1.807) is 33.9 Å². The van der Waals surface area contributed by atoms with Crippen molar-refractivity contribution in [2.24, 2.45) is 0 Å². The second-order valence-electron chi connectivity index (χ2n) is 5.98. The van der Waals surface area contributed by atoms with Gasteiger partial charge < -0.3 is 10.1 Å². The summed E-state index contributed by atoms with van der Waals surface area (Å²) in [7, 11) is -1.47. The van der Waals surface area contributed by atoms with Gasteiger partial charge in [-0.2, -0.15) is 0 Å². The first-order valence-electron chi connectivity index (χ1n) is 6.90. The van der Waals surface area contributed by atoms with Gasteiger partial charge in [-0.05, 0) is 52.4 Å². The summed E-state index contributed by atoms with van der Waals surface area (Å²) in [5.74, 6) is -0.543. The number of rotatable bonds is 6. The van der Waals surface area contributed by atoms with E-state index >= 15 is 0 Å². The van der Waals surface area contributed by atoms with E-state index in [-0.39, 0.29) is 24.2 Å². The number of hydrogen-bond acceptors (Lipinski definition) is 4. The first-order valence-corrected chi connectivity index (χ1v) is 8.55. The lowest BCUT2D eigenvalue weighted by molar-refractivity contribution is 0.321. The molecule has 1 aromatic carbocycles. The molecule has 0 saturated carbocycles. The largest absolute Gasteiger partial charge is 0.489 e. The zero-order valence-corrected chi connectivity index (χ0v) is 14.1. The van der Waals surface area contributed by atoms with Crippen molar-refractivity contribution in [1.82, 2.24) is 5.32 Å². The van der Waals surface area contributed by atoms with E-state index in [0.29, 0.717) is 0 Å². The Morgan fingerprint density at radius 2 is 1.95 bits per heavy atom. The van der Waals surface area contributed by atoms with Crippen molar-refractivity contribution in [3.63, 3.8) is 0 Å². The normalized spacial score (nSPS) is 14.0. The predicted octanol–water partition coefficient (Wildman–Crippen LogP) is 2.70. The molecule has 0 spiro atoms. The molecule has 120 valence electrons. The summed E-state index contributed by atoms with van der Waals surface area (Å²) in [5, 5.41) is 3.02. The average Bonchev–Trinajstić information content (AvgIpc) is 2.38. The second-order valence-corrected chi connectivity index (χ2v) is 8.84. The van der Waals surface area contributed by atoms with Crippen molar-refractivity contribution in [2.45, 2.75) is 38.5 Å². The van der Waals surface area contributed by atoms with E-state index in [1.165, 1.54) is 12.1 Å². The minimum absolute atomic E-state index is 0.0369. The molecule has 0 aliphatic heterocycles. The van der Waals surface area contributed by atoms with Gasteiger partial charge in [0.2, 0.25) is 0 Å². The highest BCUT2D eigenvalue weighted by atomic mass is 32.2. The van der Waals surface area contributed by atoms with Crippen molar-refractivity contribution < 1.29 is 17.5 Å². The van der Waals surface area contributed by atoms with Crippen LogP contribution in [0.5, 0.6) is 5.75 Å². The van der Waals surface area contributed by atoms with Crippen LogP contribution in [-0.2, 0) is 9.84 Å². The zero-order chi connectivity index (χ0) is 16.3. The van der Waals surface area contributed by atoms with Gasteiger partial charge in [-0.1, -0.05) is 6.07 Å². The lowest BCUT2D eigenvalue weighted by atomic mass is 10.1. The fraction of sp³-hybridized carbons (Fsp3) is 0.600. The highest BCUT2D eigenvalue weighted by Gasteiger charge is 2.28. The molecule has 1 aromatic rings. The van der Waals surface area contributed by atoms with Gasteiger partial charge in [-0.25, -0.2) is 12.8 Å². The SMILES string of the molecule is CNC(C)c1ccc(OCCS(=O)(=O)C(C)(C)C)c(F)c1. The van der Waals surface area contributed by atoms with Gasteiger partial charge in [0.15, 0.2) is 21.4 Å². The third-order valence-corrected chi connectivity index (χ3v) is 6.00. The van der Waals surface area contributed by atoms with Gasteiger partial charge in [-0.3, -0.25) is 0 Å². The second kappa shape index (κ2) is 6.75. The van der Waals surface area contributed by atoms with E-state index in [1.807, 2.05) is 6.92 Å². The van der Waals surface area contributed by atoms with E-state index < -0.39 is 20.4 Å². The van der Waals surface area contributed by atoms with Crippen LogP contribution in [0.25, 0.3) is 0 Å². The molecule has 21 heavy (non-hydrogen) atoms. The number of ether oxygens (including phenoxy) is 1. The van der Waals surface area contributed by atoms with E-state index in [0.717, 1.165) is 5.56 Å². The minimum Gasteiger partial charge on any atom is -0.489 e. The molecule has 6 heteroatoms. The van der Waals surface area contributed by atoms with Gasteiger partial charge in [-0.15, -0.1) is 0 Å². The maximum Gasteiger partial charge on any atom is 0.165 e. The minimum atomic E-state index is -3.26. The van der Waals surface area contributed by atoms with Crippen LogP contribution in [0.3, 0.4) is 0 Å². The molecule has 0 aromatic heterocycles. The van der Waals surface area contributed by atoms with Crippen LogP contribution in [-0.4, -0.2) is 32.6 Å². The fourth-order valence-electron chi connectivity index (χ4n) is 1.64. The number of sulfone groups is 1. The highest BCUT2D eigenvalue weighted by Crippen LogP contribution is 2.22. The molecule has 0 amide bonds. The molecular weight excluding hydrogens is 293 g/mol. The van der Waals surface area contributed by atoms with Crippen molar-refractivity contribution in [3.8, 4) is 5.75 Å². The lowest BCUT2D eigenvalue weighted by Gasteiger charge is -2.19. The summed E-state index contributed by atoms with van der Waals surface area (Å²) in [4.78, 5) is 0. The first kappa shape index (κ1) is 17.9. The third kappa shape index (κ3) is 4.68. The first-order chi connectivity index (χ1) is 9.58. The van der Waals surface area contributed by atoms with Gasteiger partial charge in [0.05, 0.1) is 10.5 Å². The highest BCUT2D eigenvalue weighted by molar-refractivity contribution is 7.92. The van der Waals surface area contributed by atoms with Crippen LogP contribution in [0, 0.1) is 5.82 Å². The molecule has 0 heterocycles. The van der Waals surface area contributed by atoms with Crippen molar-refractivity contribution >= 4 is 9.84 Å². The molecule has 0 fully saturated rings. The Balaban J connectivity index is 2.70. The topological polar surface area (TPSA) is 55.4 Å². The van der Waals surface area contributed by atoms with E-state index in [4.69, 9.17) is 4.74 Å². The summed E-state index contributed by atoms with van der Waals surface area (Å²) in [6.07, 6.45) is 0. The van der Waals surface area contributed by atoms with E-state index in [9.17, 15) is 12.8 Å². The lowest BCUT2D eigenvalue weighted by Crippen LogP contribution is -2.32.